The van der Waals surface area contributed by atoms with E-state index in [2.05, 4.69) is 29.0 Å². The number of ether oxygens (including phenoxy) is 1. The first kappa shape index (κ1) is 29.8. The van der Waals surface area contributed by atoms with Gasteiger partial charge in [0.15, 0.2) is 0 Å². The van der Waals surface area contributed by atoms with Gasteiger partial charge in [-0.25, -0.2) is 9.97 Å². The number of H-pyrrole nitrogens is 1. The molecule has 0 radical (unpaired) electrons. The van der Waals surface area contributed by atoms with Gasteiger partial charge < -0.3 is 19.5 Å². The lowest BCUT2D eigenvalue weighted by Gasteiger charge is -2.32. The molecular weight excluding hydrogens is 512 g/mol. The number of aryl methyl sites for hydroxylation is 2. The Kier molecular flexibility index (Phi) is 9.74. The van der Waals surface area contributed by atoms with E-state index in [1.165, 1.54) is 5.56 Å². The Bertz CT molecular complexity index is 1530. The lowest BCUT2D eigenvalue weighted by atomic mass is 9.88. The number of pyridine rings is 1. The zero-order chi connectivity index (χ0) is 29.5. The molecule has 1 amide bonds. The van der Waals surface area contributed by atoms with E-state index in [9.17, 15) is 4.79 Å². The fraction of sp³-hybridized carbons (Fsp3) is 0.394. The standard InChI is InChI=1S/C31H34N6O2.C2H6/c1-20-15-21(2)26(31(38)37-11-9-24(10-12-37)23-7-5-22(18-32)6-8-23)16-25(20)30-34-27-17-29(33-19-28(27)35-30)36(3)13-14-39-4;1-2/h5-8,15-17,19,24H,9-14H2,1-4H3,(H,34,35);1-2H3. The number of nitrogens with zero attached hydrogens (tertiary/aromatic N) is 5. The molecular formula is C33H40N6O2. The summed E-state index contributed by atoms with van der Waals surface area (Å²) >= 11 is 0. The van der Waals surface area contributed by atoms with Crippen molar-refractivity contribution in [1.29, 1.82) is 5.26 Å². The monoisotopic (exact) mass is 552 g/mol. The number of carbonyl (C=O) groups excluding carboxylic acids is 1. The Labute approximate surface area is 243 Å². The van der Waals surface area contributed by atoms with Crippen molar-refractivity contribution in [3.63, 3.8) is 0 Å². The molecule has 1 aliphatic heterocycles. The summed E-state index contributed by atoms with van der Waals surface area (Å²) < 4.78 is 5.18. The number of benzene rings is 2. The van der Waals surface area contributed by atoms with E-state index >= 15 is 0 Å². The number of methoxy groups -OCH3 is 1. The number of rotatable bonds is 7. The summed E-state index contributed by atoms with van der Waals surface area (Å²) in [4.78, 5) is 30.5. The average Bonchev–Trinajstić information content (AvgIpc) is 3.44. The number of likely N-dealkylation sites (N-methyl/N-ethyl adjacent to an activating group) is 1. The van der Waals surface area contributed by atoms with Gasteiger partial charge in [-0.15, -0.1) is 0 Å². The Morgan fingerprint density at radius 2 is 1.83 bits per heavy atom. The van der Waals surface area contributed by atoms with Crippen LogP contribution in [0.25, 0.3) is 22.4 Å². The number of hydrogen-bond donors (Lipinski definition) is 1. The van der Waals surface area contributed by atoms with Gasteiger partial charge in [0.1, 0.15) is 11.6 Å². The van der Waals surface area contributed by atoms with Gasteiger partial charge in [-0.05, 0) is 67.5 Å². The Morgan fingerprint density at radius 1 is 1.12 bits per heavy atom. The first-order valence-corrected chi connectivity index (χ1v) is 14.3. The number of piperidine rings is 1. The molecule has 5 rings (SSSR count). The van der Waals surface area contributed by atoms with Crippen molar-refractivity contribution in [3.8, 4) is 17.5 Å². The largest absolute Gasteiger partial charge is 0.383 e. The number of anilines is 1. The van der Waals surface area contributed by atoms with Crippen LogP contribution in [0.2, 0.25) is 0 Å². The zero-order valence-corrected chi connectivity index (χ0v) is 25.0. The van der Waals surface area contributed by atoms with Crippen LogP contribution in [0.3, 0.4) is 0 Å². The Hall–Kier alpha value is -4.22. The van der Waals surface area contributed by atoms with Gasteiger partial charge >= 0.3 is 0 Å². The second-order valence-corrected chi connectivity index (χ2v) is 10.3. The third kappa shape index (κ3) is 6.58. The molecule has 0 unspecified atom stereocenters. The van der Waals surface area contributed by atoms with Gasteiger partial charge in [-0.2, -0.15) is 5.26 Å². The van der Waals surface area contributed by atoms with Crippen molar-refractivity contribution in [2.75, 3.05) is 45.3 Å². The van der Waals surface area contributed by atoms with Crippen LogP contribution in [-0.4, -0.2) is 66.2 Å². The fourth-order valence-electron chi connectivity index (χ4n) is 5.33. The number of hydrogen-bond acceptors (Lipinski definition) is 6. The van der Waals surface area contributed by atoms with Gasteiger partial charge in [-0.3, -0.25) is 4.79 Å². The van der Waals surface area contributed by atoms with Crippen LogP contribution in [0.1, 0.15) is 65.2 Å². The summed E-state index contributed by atoms with van der Waals surface area (Å²) in [7, 11) is 3.67. The molecule has 0 bridgehead atoms. The number of imidazole rings is 1. The molecule has 41 heavy (non-hydrogen) atoms. The zero-order valence-electron chi connectivity index (χ0n) is 25.0. The van der Waals surface area contributed by atoms with Gasteiger partial charge in [0, 0.05) is 51.0 Å². The third-order valence-electron chi connectivity index (χ3n) is 7.73. The normalized spacial score (nSPS) is 13.4. The van der Waals surface area contributed by atoms with Crippen LogP contribution in [-0.2, 0) is 4.74 Å². The van der Waals surface area contributed by atoms with Crippen LogP contribution in [0.5, 0.6) is 0 Å². The minimum absolute atomic E-state index is 0.0619. The molecule has 2 aromatic heterocycles. The van der Waals surface area contributed by atoms with Gasteiger partial charge in [0.25, 0.3) is 5.91 Å². The number of amides is 1. The summed E-state index contributed by atoms with van der Waals surface area (Å²) in [5, 5.41) is 9.06. The Morgan fingerprint density at radius 3 is 2.49 bits per heavy atom. The maximum atomic E-state index is 13.7. The summed E-state index contributed by atoms with van der Waals surface area (Å²) in [5.74, 6) is 2.03. The lowest BCUT2D eigenvalue weighted by Crippen LogP contribution is -2.38. The van der Waals surface area contributed by atoms with E-state index in [1.807, 2.05) is 74.0 Å². The number of nitrogens with one attached hydrogen (secondary N) is 1. The predicted molar refractivity (Wildman–Crippen MR) is 164 cm³/mol. The van der Waals surface area contributed by atoms with Crippen LogP contribution >= 0.6 is 0 Å². The highest BCUT2D eigenvalue weighted by atomic mass is 16.5. The maximum Gasteiger partial charge on any atom is 0.254 e. The number of fused-ring (bicyclic) bond motifs is 1. The smallest absolute Gasteiger partial charge is 0.254 e. The minimum atomic E-state index is 0.0619. The third-order valence-corrected chi connectivity index (χ3v) is 7.73. The molecule has 0 atom stereocenters. The van der Waals surface area contributed by atoms with Crippen molar-refractivity contribution in [1.82, 2.24) is 19.9 Å². The van der Waals surface area contributed by atoms with Crippen LogP contribution in [0, 0.1) is 25.2 Å². The predicted octanol–water partition coefficient (Wildman–Crippen LogP) is 6.24. The number of aromatic amines is 1. The summed E-state index contributed by atoms with van der Waals surface area (Å²) in [6.45, 7) is 10.8. The molecule has 1 saturated heterocycles. The summed E-state index contributed by atoms with van der Waals surface area (Å²) in [6.07, 6.45) is 3.62. The first-order chi connectivity index (χ1) is 19.9. The van der Waals surface area contributed by atoms with Crippen molar-refractivity contribution in [3.05, 3.63) is 76.5 Å². The highest BCUT2D eigenvalue weighted by molar-refractivity contribution is 5.97. The molecule has 3 heterocycles. The molecule has 0 spiro atoms. The van der Waals surface area contributed by atoms with Gasteiger partial charge in [0.2, 0.25) is 0 Å². The molecule has 2 aromatic carbocycles. The van der Waals surface area contributed by atoms with Gasteiger partial charge in [0.05, 0.1) is 35.5 Å². The number of aromatic nitrogens is 3. The van der Waals surface area contributed by atoms with Crippen LogP contribution < -0.4 is 4.90 Å². The van der Waals surface area contributed by atoms with Crippen LogP contribution in [0.4, 0.5) is 5.82 Å². The molecule has 1 fully saturated rings. The number of carbonyl (C=O) groups is 1. The molecule has 8 heteroatoms. The van der Waals surface area contributed by atoms with E-state index in [-0.39, 0.29) is 5.91 Å². The van der Waals surface area contributed by atoms with E-state index in [0.717, 1.165) is 58.8 Å². The van der Waals surface area contributed by atoms with Crippen molar-refractivity contribution in [2.45, 2.75) is 46.5 Å². The molecule has 0 saturated carbocycles. The SMILES string of the molecule is CC.COCCN(C)c1cc2nc(-c3cc(C(=O)N4CCC(c5ccc(C#N)cc5)CC4)c(C)cc3C)[nH]c2cn1. The molecule has 0 aliphatic carbocycles. The van der Waals surface area contributed by atoms with Crippen LogP contribution in [0.15, 0.2) is 48.7 Å². The average molecular weight is 553 g/mol. The van der Waals surface area contributed by atoms with E-state index in [0.29, 0.717) is 36.7 Å². The highest BCUT2D eigenvalue weighted by Gasteiger charge is 2.26. The molecule has 8 nitrogen and oxygen atoms in total. The summed E-state index contributed by atoms with van der Waals surface area (Å²) in [6, 6.07) is 16.0. The lowest BCUT2D eigenvalue weighted by molar-refractivity contribution is 0.0712. The van der Waals surface area contributed by atoms with Gasteiger partial charge in [-0.1, -0.05) is 32.0 Å². The quantitative estimate of drug-likeness (QED) is 0.291. The van der Waals surface area contributed by atoms with E-state index < -0.39 is 0 Å². The first-order valence-electron chi connectivity index (χ1n) is 14.3. The second kappa shape index (κ2) is 13.4. The van der Waals surface area contributed by atoms with E-state index in [1.54, 1.807) is 13.3 Å². The molecule has 4 aromatic rings. The number of nitriles is 1. The molecule has 1 aliphatic rings. The molecule has 1 N–H and O–H groups in total. The van der Waals surface area contributed by atoms with Crippen molar-refractivity contribution in [2.24, 2.45) is 0 Å². The highest BCUT2D eigenvalue weighted by Crippen LogP contribution is 2.31. The minimum Gasteiger partial charge on any atom is -0.383 e. The van der Waals surface area contributed by atoms with E-state index in [4.69, 9.17) is 15.0 Å². The second-order valence-electron chi connectivity index (χ2n) is 10.3. The molecule has 214 valence electrons. The topological polar surface area (TPSA) is 98.1 Å². The van der Waals surface area contributed by atoms with Crippen molar-refractivity contribution < 1.29 is 9.53 Å². The Balaban J connectivity index is 0.00000189. The summed E-state index contributed by atoms with van der Waals surface area (Å²) in [5.41, 5.74) is 7.26. The fourth-order valence-corrected chi connectivity index (χ4v) is 5.33. The maximum absolute atomic E-state index is 13.7. The number of likely N-dealkylation sites (tertiary alicyclic amines) is 1. The van der Waals surface area contributed by atoms with Crippen molar-refractivity contribution >= 4 is 22.8 Å².